The summed E-state index contributed by atoms with van der Waals surface area (Å²) >= 11 is 0. The second kappa shape index (κ2) is 19.1. The van der Waals surface area contributed by atoms with Gasteiger partial charge < -0.3 is 9.79 Å². The monoisotopic (exact) mass is 314 g/mol. The molecule has 0 amide bonds. The quantitative estimate of drug-likeness (QED) is 0.676. The first-order valence-corrected chi connectivity index (χ1v) is 10.0. The van der Waals surface area contributed by atoms with Crippen molar-refractivity contribution in [1.29, 1.82) is 0 Å². The van der Waals surface area contributed by atoms with Crippen molar-refractivity contribution in [3.05, 3.63) is 0 Å². The zero-order valence-corrected chi connectivity index (χ0v) is 13.6. The molecule has 0 radical (unpaired) electrons. The smallest absolute Gasteiger partial charge is 0.314 e. The normalized spacial score (nSPS) is 8.23. The highest BCUT2D eigenvalue weighted by atomic mass is 79.9. The molecule has 0 atom stereocenters. The largest absolute Gasteiger partial charge is 0.326 e. The van der Waals surface area contributed by atoms with E-state index in [1.807, 2.05) is 0 Å². The summed E-state index contributed by atoms with van der Waals surface area (Å²) in [5.74, 6) is 0. The molecular formula is C6H22BrO3P3. The summed E-state index contributed by atoms with van der Waals surface area (Å²) in [5, 5.41) is 0. The predicted molar refractivity (Wildman–Crippen MR) is 73.1 cm³/mol. The Kier molecular flexibility index (Phi) is 35.3. The summed E-state index contributed by atoms with van der Waals surface area (Å²) in [6.45, 7) is 13.4. The lowest BCUT2D eigenvalue weighted by molar-refractivity contribution is 0.405. The predicted octanol–water partition coefficient (Wildman–Crippen LogP) is 2.65. The van der Waals surface area contributed by atoms with Gasteiger partial charge in [0.25, 0.3) is 0 Å². The fraction of sp³-hybridized carbons (Fsp3) is 1.00. The Morgan fingerprint density at radius 1 is 0.846 bits per heavy atom. The van der Waals surface area contributed by atoms with Gasteiger partial charge in [-0.15, -0.1) is 32.8 Å². The minimum Gasteiger partial charge on any atom is -0.326 e. The van der Waals surface area contributed by atoms with E-state index in [-0.39, 0.29) is 17.0 Å². The summed E-state index contributed by atoms with van der Waals surface area (Å²) in [6, 6.07) is 0. The minimum absolute atomic E-state index is 0. The standard InChI is InChI=1S/2C3H9P.BrH.H3O3P/c2*1-4(2)3;;1-4(2)3/h2*1-3H3;1H;4H,(H2,1,2,3). The summed E-state index contributed by atoms with van der Waals surface area (Å²) in [5.41, 5.74) is 0. The Morgan fingerprint density at radius 3 is 0.846 bits per heavy atom. The van der Waals surface area contributed by atoms with Crippen molar-refractivity contribution >= 4 is 41.1 Å². The summed E-state index contributed by atoms with van der Waals surface area (Å²) in [6.07, 6.45) is 0. The van der Waals surface area contributed by atoms with Crippen LogP contribution in [0.3, 0.4) is 0 Å². The van der Waals surface area contributed by atoms with Crippen LogP contribution in [0.5, 0.6) is 0 Å². The molecule has 0 spiro atoms. The Hall–Kier alpha value is 1.49. The number of hydrogen-bond donors (Lipinski definition) is 2. The molecule has 13 heavy (non-hydrogen) atoms. The first kappa shape index (κ1) is 24.0. The SMILES string of the molecule is Br.CP(C)C.CP(C)C.O=[PH](O)O. The summed E-state index contributed by atoms with van der Waals surface area (Å²) < 4.78 is 8.74. The summed E-state index contributed by atoms with van der Waals surface area (Å²) in [4.78, 5) is 14.3. The van der Waals surface area contributed by atoms with Gasteiger partial charge in [0.1, 0.15) is 0 Å². The second-order valence-electron chi connectivity index (χ2n) is 2.97. The lowest BCUT2D eigenvalue weighted by atomic mass is 11.9. The molecule has 3 nitrogen and oxygen atoms in total. The van der Waals surface area contributed by atoms with Crippen molar-refractivity contribution < 1.29 is 14.4 Å². The van der Waals surface area contributed by atoms with Gasteiger partial charge in [-0.1, -0.05) is 0 Å². The Labute approximate surface area is 95.6 Å². The molecule has 0 rings (SSSR count). The zero-order chi connectivity index (χ0) is 10.7. The van der Waals surface area contributed by atoms with Crippen LogP contribution in [0.4, 0.5) is 0 Å². The third-order valence-electron chi connectivity index (χ3n) is 0. The van der Waals surface area contributed by atoms with Crippen LogP contribution in [0.1, 0.15) is 0 Å². The van der Waals surface area contributed by atoms with Gasteiger partial charge in [-0.3, -0.25) is 4.57 Å². The maximum absolute atomic E-state index is 8.74. The minimum atomic E-state index is -3.13. The highest BCUT2D eigenvalue weighted by molar-refractivity contribution is 8.93. The maximum atomic E-state index is 8.74. The van der Waals surface area contributed by atoms with Gasteiger partial charge in [-0.2, -0.15) is 0 Å². The second-order valence-corrected chi connectivity index (χ2v) is 8.90. The van der Waals surface area contributed by atoms with Crippen LogP contribution in [0.25, 0.3) is 0 Å². The highest BCUT2D eigenvalue weighted by Crippen LogP contribution is 2.15. The molecule has 0 aliphatic carbocycles. The molecule has 0 aliphatic rings. The van der Waals surface area contributed by atoms with Crippen LogP contribution in [-0.2, 0) is 4.57 Å². The van der Waals surface area contributed by atoms with Gasteiger partial charge in [-0.05, 0) is 40.0 Å². The highest BCUT2D eigenvalue weighted by Gasteiger charge is 1.66. The van der Waals surface area contributed by atoms with Crippen molar-refractivity contribution in [2.75, 3.05) is 40.0 Å². The van der Waals surface area contributed by atoms with E-state index in [0.717, 1.165) is 0 Å². The third kappa shape index (κ3) is 802. The van der Waals surface area contributed by atoms with E-state index in [1.165, 1.54) is 0 Å². The van der Waals surface area contributed by atoms with Gasteiger partial charge in [-0.25, -0.2) is 0 Å². The first-order valence-electron chi connectivity index (χ1n) is 3.33. The Balaban J connectivity index is -0.0000000450. The van der Waals surface area contributed by atoms with Crippen LogP contribution in [0.2, 0.25) is 0 Å². The van der Waals surface area contributed by atoms with Crippen LogP contribution >= 0.6 is 41.1 Å². The van der Waals surface area contributed by atoms with Crippen LogP contribution in [0, 0.1) is 0 Å². The Morgan fingerprint density at radius 2 is 0.846 bits per heavy atom. The molecule has 2 N–H and O–H groups in total. The van der Waals surface area contributed by atoms with Crippen molar-refractivity contribution in [2.24, 2.45) is 0 Å². The Bertz CT molecular complexity index is 85.6. The average molecular weight is 315 g/mol. The molecular weight excluding hydrogens is 293 g/mol. The third-order valence-corrected chi connectivity index (χ3v) is 0. The van der Waals surface area contributed by atoms with E-state index < -0.39 is 8.25 Å². The van der Waals surface area contributed by atoms with E-state index in [9.17, 15) is 0 Å². The molecule has 0 aromatic carbocycles. The van der Waals surface area contributed by atoms with E-state index in [2.05, 4.69) is 40.0 Å². The summed E-state index contributed by atoms with van der Waals surface area (Å²) in [7, 11) is -2.37. The first-order chi connectivity index (χ1) is 5.20. The molecule has 0 aromatic heterocycles. The van der Waals surface area contributed by atoms with Crippen LogP contribution in [0.15, 0.2) is 0 Å². The number of hydrogen-bond acceptors (Lipinski definition) is 1. The van der Waals surface area contributed by atoms with Crippen molar-refractivity contribution in [1.82, 2.24) is 0 Å². The van der Waals surface area contributed by atoms with Gasteiger partial charge in [0.2, 0.25) is 0 Å². The zero-order valence-electron chi connectivity index (χ0n) is 9.11. The maximum Gasteiger partial charge on any atom is 0.314 e. The molecule has 0 unspecified atom stereocenters. The molecule has 86 valence electrons. The molecule has 0 saturated carbocycles. The van der Waals surface area contributed by atoms with Crippen LogP contribution in [-0.4, -0.2) is 49.8 Å². The van der Waals surface area contributed by atoms with Gasteiger partial charge in [0, 0.05) is 0 Å². The van der Waals surface area contributed by atoms with Crippen LogP contribution < -0.4 is 0 Å². The molecule has 7 heteroatoms. The van der Waals surface area contributed by atoms with E-state index >= 15 is 0 Å². The molecule has 0 aliphatic heterocycles. The molecule has 0 aromatic rings. The van der Waals surface area contributed by atoms with Crippen molar-refractivity contribution in [3.8, 4) is 0 Å². The van der Waals surface area contributed by atoms with E-state index in [1.54, 1.807) is 0 Å². The van der Waals surface area contributed by atoms with Crippen molar-refractivity contribution in [3.63, 3.8) is 0 Å². The van der Waals surface area contributed by atoms with Crippen molar-refractivity contribution in [2.45, 2.75) is 0 Å². The van der Waals surface area contributed by atoms with Gasteiger partial charge in [0.15, 0.2) is 0 Å². The average Bonchev–Trinajstić information content (AvgIpc) is 1.54. The fourth-order valence-corrected chi connectivity index (χ4v) is 0. The lowest BCUT2D eigenvalue weighted by Gasteiger charge is -1.81. The number of halogens is 1. The molecule has 0 saturated heterocycles. The lowest BCUT2D eigenvalue weighted by Crippen LogP contribution is -1.48. The molecule has 0 fully saturated rings. The topological polar surface area (TPSA) is 57.5 Å². The van der Waals surface area contributed by atoms with E-state index in [0.29, 0.717) is 15.8 Å². The number of rotatable bonds is 0. The molecule has 0 bridgehead atoms. The fourth-order valence-electron chi connectivity index (χ4n) is 0. The van der Waals surface area contributed by atoms with Gasteiger partial charge >= 0.3 is 8.25 Å². The molecule has 0 heterocycles. The van der Waals surface area contributed by atoms with Gasteiger partial charge in [0.05, 0.1) is 0 Å². The van der Waals surface area contributed by atoms with E-state index in [4.69, 9.17) is 14.4 Å².